The number of hydrogen-bond donors (Lipinski definition) is 0. The van der Waals surface area contributed by atoms with Gasteiger partial charge in [-0.25, -0.2) is 14.1 Å². The summed E-state index contributed by atoms with van der Waals surface area (Å²) in [6.07, 6.45) is 2.48. The van der Waals surface area contributed by atoms with Gasteiger partial charge in [0.2, 0.25) is 5.91 Å². The van der Waals surface area contributed by atoms with E-state index < -0.39 is 5.82 Å². The Bertz CT molecular complexity index is 1900. The summed E-state index contributed by atoms with van der Waals surface area (Å²) in [4.78, 5) is 23.3. The molecule has 2 fully saturated rings. The van der Waals surface area contributed by atoms with Gasteiger partial charge in [-0.1, -0.05) is 35.5 Å². The first-order chi connectivity index (χ1) is 21.2. The smallest absolute Gasteiger partial charge is 0.246 e. The second-order valence-corrected chi connectivity index (χ2v) is 12.1. The molecule has 2 aromatic carbocycles. The van der Waals surface area contributed by atoms with E-state index in [4.69, 9.17) is 16.6 Å². The van der Waals surface area contributed by atoms with Crippen molar-refractivity contribution in [2.45, 2.75) is 44.3 Å². The maximum Gasteiger partial charge on any atom is 0.246 e. The van der Waals surface area contributed by atoms with Crippen molar-refractivity contribution in [2.24, 2.45) is 0 Å². The van der Waals surface area contributed by atoms with Crippen LogP contribution in [0.4, 0.5) is 10.2 Å². The number of carbonyl (C=O) groups excluding carboxylic acids is 1. The predicted octanol–water partition coefficient (Wildman–Crippen LogP) is 5.00. The van der Waals surface area contributed by atoms with Crippen LogP contribution in [0.1, 0.15) is 36.4 Å². The normalized spacial score (nSPS) is 18.8. The molecular formula is C32H31ClFN9O. The number of nitriles is 2. The number of benzene rings is 2. The SMILES string of the molecule is C=CC(=O)N1CC[C@H](n2nnc3c(N4CC(N(C)C)C4)nc4c(F)c(-c5cccc(C#N)c5C)c(Cl)cc4c32)C[C@H]1CC#N. The van der Waals surface area contributed by atoms with Crippen molar-refractivity contribution >= 4 is 45.3 Å². The third-order valence-electron chi connectivity index (χ3n) is 9.01. The predicted molar refractivity (Wildman–Crippen MR) is 167 cm³/mol. The molecule has 10 nitrogen and oxygen atoms in total. The number of likely N-dealkylation sites (tertiary alicyclic amines) is 1. The topological polar surface area (TPSA) is 118 Å². The quantitative estimate of drug-likeness (QED) is 0.280. The molecule has 0 saturated carbocycles. The number of piperidine rings is 1. The fourth-order valence-corrected chi connectivity index (χ4v) is 6.71. The highest BCUT2D eigenvalue weighted by atomic mass is 35.5. The van der Waals surface area contributed by atoms with E-state index in [1.807, 2.05) is 14.1 Å². The summed E-state index contributed by atoms with van der Waals surface area (Å²) in [5.41, 5.74) is 3.07. The van der Waals surface area contributed by atoms with Crippen molar-refractivity contribution in [2.75, 3.05) is 38.6 Å². The first kappa shape index (κ1) is 29.5. The Kier molecular flexibility index (Phi) is 7.70. The minimum Gasteiger partial charge on any atom is -0.351 e. The lowest BCUT2D eigenvalue weighted by molar-refractivity contribution is -0.130. The Hall–Kier alpha value is -4.58. The second kappa shape index (κ2) is 11.5. The van der Waals surface area contributed by atoms with E-state index in [2.05, 4.69) is 38.8 Å². The molecule has 1 amide bonds. The van der Waals surface area contributed by atoms with Gasteiger partial charge in [-0.15, -0.1) is 5.10 Å². The van der Waals surface area contributed by atoms with Crippen LogP contribution in [0.25, 0.3) is 33.1 Å². The number of nitrogens with zero attached hydrogens (tertiary/aromatic N) is 9. The molecule has 2 aliphatic heterocycles. The molecule has 44 heavy (non-hydrogen) atoms. The van der Waals surface area contributed by atoms with E-state index in [1.165, 1.54) is 6.08 Å². The van der Waals surface area contributed by atoms with Crippen LogP contribution in [0.5, 0.6) is 0 Å². The third-order valence-corrected chi connectivity index (χ3v) is 9.30. The largest absolute Gasteiger partial charge is 0.351 e. The molecule has 4 heterocycles. The Morgan fingerprint density at radius 1 is 1.27 bits per heavy atom. The average molecular weight is 612 g/mol. The highest BCUT2D eigenvalue weighted by Crippen LogP contribution is 2.42. The monoisotopic (exact) mass is 611 g/mol. The van der Waals surface area contributed by atoms with Crippen molar-refractivity contribution in [3.8, 4) is 23.3 Å². The van der Waals surface area contributed by atoms with E-state index in [0.717, 1.165) is 0 Å². The minimum atomic E-state index is -0.583. The molecule has 4 aromatic rings. The molecule has 2 saturated heterocycles. The summed E-state index contributed by atoms with van der Waals surface area (Å²) in [6, 6.07) is 11.0. The highest BCUT2D eigenvalue weighted by Gasteiger charge is 2.36. The summed E-state index contributed by atoms with van der Waals surface area (Å²) in [6.45, 7) is 7.21. The summed E-state index contributed by atoms with van der Waals surface area (Å²) in [5, 5.41) is 28.9. The van der Waals surface area contributed by atoms with Crippen LogP contribution >= 0.6 is 11.6 Å². The maximum absolute atomic E-state index is 16.8. The van der Waals surface area contributed by atoms with Crippen molar-refractivity contribution < 1.29 is 9.18 Å². The molecule has 0 unspecified atom stereocenters. The van der Waals surface area contributed by atoms with Gasteiger partial charge in [0.15, 0.2) is 17.2 Å². The zero-order chi connectivity index (χ0) is 31.3. The van der Waals surface area contributed by atoms with E-state index in [9.17, 15) is 15.3 Å². The number of aromatic nitrogens is 4. The lowest BCUT2D eigenvalue weighted by Crippen LogP contribution is -2.57. The van der Waals surface area contributed by atoms with Crippen LogP contribution in [-0.4, -0.2) is 81.5 Å². The average Bonchev–Trinajstić information content (AvgIpc) is 3.43. The summed E-state index contributed by atoms with van der Waals surface area (Å²) in [7, 11) is 4.04. The molecular weight excluding hydrogens is 581 g/mol. The van der Waals surface area contributed by atoms with Gasteiger partial charge in [-0.2, -0.15) is 10.5 Å². The molecule has 2 atom stereocenters. The molecule has 0 aliphatic carbocycles. The van der Waals surface area contributed by atoms with Crippen molar-refractivity contribution in [1.29, 1.82) is 10.5 Å². The molecule has 224 valence electrons. The number of pyridine rings is 1. The lowest BCUT2D eigenvalue weighted by Gasteiger charge is -2.43. The molecule has 2 aliphatic rings. The fraction of sp³-hybridized carbons (Fsp3) is 0.375. The Labute approximate surface area is 259 Å². The Morgan fingerprint density at radius 3 is 2.73 bits per heavy atom. The first-order valence-corrected chi connectivity index (χ1v) is 14.8. The first-order valence-electron chi connectivity index (χ1n) is 14.5. The van der Waals surface area contributed by atoms with Crippen LogP contribution in [0, 0.1) is 35.4 Å². The van der Waals surface area contributed by atoms with Gasteiger partial charge in [0.05, 0.1) is 35.2 Å². The van der Waals surface area contributed by atoms with Gasteiger partial charge in [0.1, 0.15) is 11.0 Å². The van der Waals surface area contributed by atoms with E-state index in [1.54, 1.807) is 40.8 Å². The number of carbonyl (C=O) groups is 1. The number of likely N-dealkylation sites (N-methyl/N-ethyl adjacent to an activating group) is 1. The van der Waals surface area contributed by atoms with Crippen LogP contribution in [0.2, 0.25) is 5.02 Å². The minimum absolute atomic E-state index is 0.137. The number of rotatable bonds is 6. The summed E-state index contributed by atoms with van der Waals surface area (Å²) < 4.78 is 18.5. The summed E-state index contributed by atoms with van der Waals surface area (Å²) in [5.74, 6) is -0.256. The molecule has 2 aromatic heterocycles. The van der Waals surface area contributed by atoms with Gasteiger partial charge >= 0.3 is 0 Å². The fourth-order valence-electron chi connectivity index (χ4n) is 6.42. The number of hydrogen-bond acceptors (Lipinski definition) is 8. The van der Waals surface area contributed by atoms with Crippen molar-refractivity contribution in [3.63, 3.8) is 0 Å². The van der Waals surface area contributed by atoms with Crippen LogP contribution in [0.15, 0.2) is 36.9 Å². The molecule has 6 rings (SSSR count). The molecule has 0 radical (unpaired) electrons. The van der Waals surface area contributed by atoms with Crippen molar-refractivity contribution in [3.05, 3.63) is 58.9 Å². The van der Waals surface area contributed by atoms with Crippen LogP contribution in [-0.2, 0) is 4.79 Å². The van der Waals surface area contributed by atoms with Gasteiger partial charge in [0, 0.05) is 42.7 Å². The van der Waals surface area contributed by atoms with Gasteiger partial charge in [-0.3, -0.25) is 4.79 Å². The lowest BCUT2D eigenvalue weighted by atomic mass is 9.94. The third kappa shape index (κ3) is 4.73. The maximum atomic E-state index is 16.8. The number of halogens is 2. The number of fused-ring (bicyclic) bond motifs is 3. The summed E-state index contributed by atoms with van der Waals surface area (Å²) >= 11 is 6.84. The van der Waals surface area contributed by atoms with Gasteiger partial charge in [0.25, 0.3) is 0 Å². The molecule has 12 heteroatoms. The van der Waals surface area contributed by atoms with E-state index >= 15 is 4.39 Å². The van der Waals surface area contributed by atoms with E-state index in [0.29, 0.717) is 77.4 Å². The Morgan fingerprint density at radius 2 is 2.05 bits per heavy atom. The van der Waals surface area contributed by atoms with Crippen LogP contribution in [0.3, 0.4) is 0 Å². The molecule has 0 N–H and O–H groups in total. The zero-order valence-corrected chi connectivity index (χ0v) is 25.5. The standard InChI is InChI=1S/C32H31ClFN9O/c1-5-26(44)42-12-10-21(13-20(42)9-11-35)43-31-24-14-25(33)27(23-8-6-7-19(15-36)18(23)2)28(34)29(24)37-32(30(31)38-39-43)41-16-22(17-41)40(3)4/h5-8,14,20-22H,1,9-10,12-13,16-17H2,2-4H3/t20-,21+/m1/s1. The number of anilines is 1. The Balaban J connectivity index is 1.55. The van der Waals surface area contributed by atoms with Crippen molar-refractivity contribution in [1.82, 2.24) is 29.8 Å². The highest BCUT2D eigenvalue weighted by molar-refractivity contribution is 6.35. The molecule has 0 spiro atoms. The second-order valence-electron chi connectivity index (χ2n) is 11.7. The van der Waals surface area contributed by atoms with Crippen LogP contribution < -0.4 is 4.90 Å². The molecule has 0 bridgehead atoms. The van der Waals surface area contributed by atoms with Gasteiger partial charge < -0.3 is 14.7 Å². The van der Waals surface area contributed by atoms with E-state index in [-0.39, 0.29) is 40.5 Å². The van der Waals surface area contributed by atoms with Gasteiger partial charge in [-0.05, 0) is 63.2 Å². The zero-order valence-electron chi connectivity index (χ0n) is 24.8. The number of amides is 1.